The fraction of sp³-hybridized carbons (Fsp3) is 0.200. The fourth-order valence-electron chi connectivity index (χ4n) is 3.19. The van der Waals surface area contributed by atoms with Crippen LogP contribution in [0.3, 0.4) is 0 Å². The lowest BCUT2D eigenvalue weighted by molar-refractivity contribution is -0.125. The summed E-state index contributed by atoms with van der Waals surface area (Å²) in [5, 5.41) is 3.81. The largest absolute Gasteiger partial charge is 0.490 e. The van der Waals surface area contributed by atoms with Gasteiger partial charge in [-0.25, -0.2) is 0 Å². The molecule has 0 aliphatic carbocycles. The number of hydrogen-bond donors (Lipinski definition) is 1. The molecule has 2 aromatic carbocycles. The summed E-state index contributed by atoms with van der Waals surface area (Å²) in [6.07, 6.45) is 1.88. The van der Waals surface area contributed by atoms with Crippen molar-refractivity contribution in [3.8, 4) is 5.75 Å². The second-order valence-electron chi connectivity index (χ2n) is 6.14. The molecule has 1 aromatic heterocycles. The topological polar surface area (TPSA) is 63.6 Å². The summed E-state index contributed by atoms with van der Waals surface area (Å²) in [5.41, 5.74) is 1.74. The lowest BCUT2D eigenvalue weighted by Crippen LogP contribution is -2.44. The van der Waals surface area contributed by atoms with Gasteiger partial charge in [0.15, 0.2) is 0 Å². The van der Waals surface area contributed by atoms with Gasteiger partial charge in [0.1, 0.15) is 18.9 Å². The van der Waals surface area contributed by atoms with E-state index in [9.17, 15) is 9.59 Å². The van der Waals surface area contributed by atoms with E-state index in [4.69, 9.17) is 4.74 Å². The third kappa shape index (κ3) is 3.13. The second-order valence-corrected chi connectivity index (χ2v) is 6.14. The van der Waals surface area contributed by atoms with Gasteiger partial charge in [0.05, 0.1) is 18.8 Å². The van der Waals surface area contributed by atoms with E-state index in [1.165, 1.54) is 0 Å². The molecule has 0 saturated heterocycles. The van der Waals surface area contributed by atoms with Crippen LogP contribution in [-0.2, 0) is 16.1 Å². The van der Waals surface area contributed by atoms with E-state index in [1.807, 2.05) is 65.4 Å². The van der Waals surface area contributed by atoms with E-state index < -0.39 is 0 Å². The van der Waals surface area contributed by atoms with Gasteiger partial charge in [0.25, 0.3) is 0 Å². The molecule has 0 atom stereocenters. The third-order valence-electron chi connectivity index (χ3n) is 4.46. The summed E-state index contributed by atoms with van der Waals surface area (Å²) < 4.78 is 7.43. The zero-order chi connectivity index (χ0) is 17.9. The second kappa shape index (κ2) is 6.92. The zero-order valence-corrected chi connectivity index (χ0v) is 14.2. The molecule has 2 heterocycles. The van der Waals surface area contributed by atoms with Gasteiger partial charge >= 0.3 is 0 Å². The number of ether oxygens (including phenoxy) is 1. The molecular formula is C20H19N3O3. The van der Waals surface area contributed by atoms with E-state index >= 15 is 0 Å². The van der Waals surface area contributed by atoms with Crippen LogP contribution in [0.5, 0.6) is 5.75 Å². The Balaban J connectivity index is 1.38. The molecule has 0 fully saturated rings. The Morgan fingerprint density at radius 2 is 1.85 bits per heavy atom. The van der Waals surface area contributed by atoms with Crippen LogP contribution >= 0.6 is 0 Å². The number of anilines is 1. The summed E-state index contributed by atoms with van der Waals surface area (Å²) >= 11 is 0. The summed E-state index contributed by atoms with van der Waals surface area (Å²) in [6.45, 7) is 1.08. The van der Waals surface area contributed by atoms with Gasteiger partial charge in [-0.3, -0.25) is 9.59 Å². The van der Waals surface area contributed by atoms with Gasteiger partial charge in [-0.2, -0.15) is 0 Å². The van der Waals surface area contributed by atoms with Gasteiger partial charge in [-0.15, -0.1) is 0 Å². The van der Waals surface area contributed by atoms with Crippen LogP contribution in [0.15, 0.2) is 60.8 Å². The highest BCUT2D eigenvalue weighted by atomic mass is 16.5. The van der Waals surface area contributed by atoms with Crippen molar-refractivity contribution in [1.29, 1.82) is 0 Å². The SMILES string of the molecule is O=C(Cn1ccc2ccccc21)NCC(=O)N1CCOc2ccccc21. The third-order valence-corrected chi connectivity index (χ3v) is 4.46. The predicted molar refractivity (Wildman–Crippen MR) is 99.2 cm³/mol. The van der Waals surface area contributed by atoms with E-state index in [-0.39, 0.29) is 24.9 Å². The van der Waals surface area contributed by atoms with Crippen LogP contribution in [-0.4, -0.2) is 36.1 Å². The number of fused-ring (bicyclic) bond motifs is 2. The summed E-state index contributed by atoms with van der Waals surface area (Å²) in [7, 11) is 0. The fourth-order valence-corrected chi connectivity index (χ4v) is 3.19. The molecular weight excluding hydrogens is 330 g/mol. The van der Waals surface area contributed by atoms with Crippen LogP contribution in [0.25, 0.3) is 10.9 Å². The Kier molecular flexibility index (Phi) is 4.31. The highest BCUT2D eigenvalue weighted by molar-refractivity contribution is 5.98. The number of aromatic nitrogens is 1. The quantitative estimate of drug-likeness (QED) is 0.785. The number of hydrogen-bond acceptors (Lipinski definition) is 3. The Bertz CT molecular complexity index is 964. The van der Waals surface area contributed by atoms with Gasteiger partial charge in [-0.1, -0.05) is 30.3 Å². The number of nitrogens with one attached hydrogen (secondary N) is 1. The van der Waals surface area contributed by atoms with Crippen molar-refractivity contribution in [2.24, 2.45) is 0 Å². The Labute approximate surface area is 151 Å². The van der Waals surface area contributed by atoms with Gasteiger partial charge in [-0.05, 0) is 29.7 Å². The number of nitrogens with zero attached hydrogens (tertiary/aromatic N) is 2. The molecule has 4 rings (SSSR count). The highest BCUT2D eigenvalue weighted by Gasteiger charge is 2.23. The number of carbonyl (C=O) groups is 2. The van der Waals surface area contributed by atoms with Crippen molar-refractivity contribution in [3.05, 3.63) is 60.8 Å². The first-order valence-electron chi connectivity index (χ1n) is 8.55. The van der Waals surface area contributed by atoms with Crippen molar-refractivity contribution in [2.45, 2.75) is 6.54 Å². The normalized spacial score (nSPS) is 13.2. The van der Waals surface area contributed by atoms with E-state index in [1.54, 1.807) is 4.90 Å². The van der Waals surface area contributed by atoms with Gasteiger partial charge in [0.2, 0.25) is 11.8 Å². The molecule has 1 aliphatic rings. The Morgan fingerprint density at radius 3 is 2.77 bits per heavy atom. The summed E-state index contributed by atoms with van der Waals surface area (Å²) in [5.74, 6) is 0.352. The summed E-state index contributed by atoms with van der Waals surface area (Å²) in [6, 6.07) is 17.3. The standard InChI is InChI=1S/C20H19N3O3/c24-19(14-22-10-9-15-5-1-2-6-16(15)22)21-13-20(25)23-11-12-26-18-8-4-3-7-17(18)23/h1-10H,11-14H2,(H,21,24). The minimum atomic E-state index is -0.193. The number of carbonyl (C=O) groups excluding carboxylic acids is 2. The van der Waals surface area contributed by atoms with Crippen LogP contribution in [0.1, 0.15) is 0 Å². The minimum absolute atomic E-state index is 0.0353. The molecule has 0 radical (unpaired) electrons. The number of benzene rings is 2. The van der Waals surface area contributed by atoms with Crippen molar-refractivity contribution < 1.29 is 14.3 Å². The molecule has 2 amide bonds. The molecule has 3 aromatic rings. The number of para-hydroxylation sites is 3. The zero-order valence-electron chi connectivity index (χ0n) is 14.2. The van der Waals surface area contributed by atoms with Crippen molar-refractivity contribution in [2.75, 3.05) is 24.6 Å². The first-order valence-corrected chi connectivity index (χ1v) is 8.55. The number of amides is 2. The summed E-state index contributed by atoms with van der Waals surface area (Å²) in [4.78, 5) is 26.4. The lowest BCUT2D eigenvalue weighted by Gasteiger charge is -2.29. The van der Waals surface area contributed by atoms with Crippen LogP contribution in [0.2, 0.25) is 0 Å². The average molecular weight is 349 g/mol. The maximum absolute atomic E-state index is 12.5. The molecule has 6 nitrogen and oxygen atoms in total. The van der Waals surface area contributed by atoms with E-state index in [2.05, 4.69) is 5.32 Å². The van der Waals surface area contributed by atoms with Crippen molar-refractivity contribution in [1.82, 2.24) is 9.88 Å². The van der Waals surface area contributed by atoms with Crippen LogP contribution < -0.4 is 15.0 Å². The average Bonchev–Trinajstić information content (AvgIpc) is 3.08. The van der Waals surface area contributed by atoms with E-state index in [0.29, 0.717) is 18.9 Å². The predicted octanol–water partition coefficient (Wildman–Crippen LogP) is 2.18. The minimum Gasteiger partial charge on any atom is -0.490 e. The monoisotopic (exact) mass is 349 g/mol. The van der Waals surface area contributed by atoms with E-state index in [0.717, 1.165) is 16.6 Å². The highest BCUT2D eigenvalue weighted by Crippen LogP contribution is 2.30. The maximum atomic E-state index is 12.5. The first kappa shape index (κ1) is 16.2. The molecule has 0 spiro atoms. The Hall–Kier alpha value is -3.28. The molecule has 6 heteroatoms. The lowest BCUT2D eigenvalue weighted by atomic mass is 10.2. The van der Waals surface area contributed by atoms with Gasteiger partial charge in [0, 0.05) is 11.7 Å². The maximum Gasteiger partial charge on any atom is 0.246 e. The number of rotatable bonds is 4. The molecule has 0 unspecified atom stereocenters. The van der Waals surface area contributed by atoms with Crippen molar-refractivity contribution in [3.63, 3.8) is 0 Å². The molecule has 1 aliphatic heterocycles. The Morgan fingerprint density at radius 1 is 1.04 bits per heavy atom. The van der Waals surface area contributed by atoms with Gasteiger partial charge < -0.3 is 19.5 Å². The van der Waals surface area contributed by atoms with Crippen molar-refractivity contribution >= 4 is 28.4 Å². The van der Waals surface area contributed by atoms with Crippen LogP contribution in [0, 0.1) is 0 Å². The molecule has 132 valence electrons. The molecule has 0 saturated carbocycles. The smallest absolute Gasteiger partial charge is 0.246 e. The molecule has 26 heavy (non-hydrogen) atoms. The first-order chi connectivity index (χ1) is 12.7. The van der Waals surface area contributed by atoms with Crippen LogP contribution in [0.4, 0.5) is 5.69 Å². The molecule has 1 N–H and O–H groups in total. The molecule has 0 bridgehead atoms.